The Kier molecular flexibility index (Phi) is 4.91. The van der Waals surface area contributed by atoms with Gasteiger partial charge >= 0.3 is 31.1 Å². The van der Waals surface area contributed by atoms with Crippen LogP contribution in [0.3, 0.4) is 0 Å². The summed E-state index contributed by atoms with van der Waals surface area (Å²) in [5, 5.41) is 0. The van der Waals surface area contributed by atoms with Crippen molar-refractivity contribution in [1.29, 1.82) is 0 Å². The third kappa shape index (κ3) is 5.43. The molecule has 0 fully saturated rings. The molecule has 13 heavy (non-hydrogen) atoms. The van der Waals surface area contributed by atoms with Gasteiger partial charge in [-0.1, -0.05) is 0 Å². The molecule has 0 aliphatic carbocycles. The molecule has 4 nitrogen and oxygen atoms in total. The van der Waals surface area contributed by atoms with Gasteiger partial charge in [0.25, 0.3) is 0 Å². The Hall–Kier alpha value is 0.117. The fourth-order valence-corrected chi connectivity index (χ4v) is 0.526. The van der Waals surface area contributed by atoms with Gasteiger partial charge in [-0.15, -0.1) is 0 Å². The van der Waals surface area contributed by atoms with Crippen LogP contribution in [0.4, 0.5) is 22.0 Å². The van der Waals surface area contributed by atoms with Gasteiger partial charge in [0.2, 0.25) is 10.4 Å². The molecule has 0 saturated heterocycles. The monoisotopic (exact) mass is 222 g/mol. The van der Waals surface area contributed by atoms with Crippen molar-refractivity contribution >= 4 is 10.4 Å². The maximum atomic E-state index is 11.5. The Labute approximate surface area is 81.2 Å². The van der Waals surface area contributed by atoms with Gasteiger partial charge < -0.3 is 4.55 Å². The molecule has 0 bridgehead atoms. The fourth-order valence-electron chi connectivity index (χ4n) is 0.175. The topological polar surface area (TPSA) is 66.4 Å². The van der Waals surface area contributed by atoms with E-state index in [1.54, 1.807) is 0 Å². The number of rotatable bonds is 2. The van der Waals surface area contributed by atoms with Crippen LogP contribution in [0.1, 0.15) is 0 Å². The van der Waals surface area contributed by atoms with Crippen LogP contribution >= 0.6 is 0 Å². The van der Waals surface area contributed by atoms with Crippen molar-refractivity contribution in [3.05, 3.63) is 0 Å². The zero-order valence-electron chi connectivity index (χ0n) is 5.93. The summed E-state index contributed by atoms with van der Waals surface area (Å²) in [6.45, 7) is 0. The average Bonchev–Trinajstić information content (AvgIpc) is 1.52. The van der Waals surface area contributed by atoms with E-state index in [1.165, 1.54) is 0 Å². The summed E-state index contributed by atoms with van der Waals surface area (Å²) in [5.74, 6) is 0. The zero-order chi connectivity index (χ0) is 10.2. The van der Waals surface area contributed by atoms with Gasteiger partial charge in [-0.25, -0.2) is 12.6 Å². The predicted molar refractivity (Wildman–Crippen MR) is 21.8 cm³/mol. The van der Waals surface area contributed by atoms with Gasteiger partial charge in [0.1, 0.15) is 0 Å². The van der Waals surface area contributed by atoms with Crippen molar-refractivity contribution in [2.75, 3.05) is 0 Å². The number of hydrogen-bond acceptors (Lipinski definition) is 4. The summed E-state index contributed by atoms with van der Waals surface area (Å²) in [6, 6.07) is 0. The molecule has 0 saturated carbocycles. The van der Waals surface area contributed by atoms with E-state index in [4.69, 9.17) is 0 Å². The molecule has 0 spiro atoms. The average molecular weight is 222 g/mol. The molecule has 0 atom stereocenters. The number of hydrogen-bond donors (Lipinski definition) is 0. The standard InChI is InChI=1S/C2HF5O4S.Li/c3-1(4,5)2(6,7)11-12(8,9)10;/h(H,8,9,10);/q;+1/p-1. The summed E-state index contributed by atoms with van der Waals surface area (Å²) in [7, 11) is -6.08. The molecule has 0 aromatic heterocycles. The van der Waals surface area contributed by atoms with Gasteiger partial charge in [-0.2, -0.15) is 22.0 Å². The Balaban J connectivity index is 0. The van der Waals surface area contributed by atoms with E-state index in [0.717, 1.165) is 0 Å². The van der Waals surface area contributed by atoms with Gasteiger partial charge in [0.15, 0.2) is 0 Å². The maximum Gasteiger partial charge on any atom is 1.00 e. The van der Waals surface area contributed by atoms with E-state index in [-0.39, 0.29) is 18.9 Å². The molecule has 0 aromatic rings. The number of halogens is 5. The van der Waals surface area contributed by atoms with Crippen LogP contribution in [0, 0.1) is 0 Å². The van der Waals surface area contributed by atoms with E-state index in [0.29, 0.717) is 0 Å². The minimum Gasteiger partial charge on any atom is -0.725 e. The van der Waals surface area contributed by atoms with Crippen LogP contribution in [-0.4, -0.2) is 25.3 Å². The second-order valence-corrected chi connectivity index (χ2v) is 2.49. The molecule has 0 amide bonds. The van der Waals surface area contributed by atoms with E-state index in [9.17, 15) is 34.9 Å². The van der Waals surface area contributed by atoms with E-state index in [2.05, 4.69) is 0 Å². The first-order valence-corrected chi connectivity index (χ1v) is 3.40. The van der Waals surface area contributed by atoms with Gasteiger partial charge in [-0.05, 0) is 0 Å². The third-order valence-electron chi connectivity index (χ3n) is 0.537. The van der Waals surface area contributed by atoms with Crippen molar-refractivity contribution < 1.29 is 58.0 Å². The maximum absolute atomic E-state index is 11.5. The van der Waals surface area contributed by atoms with Crippen molar-refractivity contribution in [2.45, 2.75) is 12.3 Å². The molecule has 11 heteroatoms. The van der Waals surface area contributed by atoms with Crippen molar-refractivity contribution in [3.8, 4) is 0 Å². The van der Waals surface area contributed by atoms with Crippen molar-refractivity contribution in [3.63, 3.8) is 0 Å². The second kappa shape index (κ2) is 4.10. The largest absolute Gasteiger partial charge is 1.00 e. The Morgan fingerprint density at radius 3 is 1.46 bits per heavy atom. The summed E-state index contributed by atoms with van der Waals surface area (Å²) in [4.78, 5) is 0. The summed E-state index contributed by atoms with van der Waals surface area (Å²) in [5.41, 5.74) is 0. The first-order chi connectivity index (χ1) is 4.96. The fraction of sp³-hybridized carbons (Fsp3) is 1.00. The zero-order valence-corrected chi connectivity index (χ0v) is 6.75. The van der Waals surface area contributed by atoms with Crippen LogP contribution in [0.5, 0.6) is 0 Å². The molecular weight excluding hydrogens is 222 g/mol. The summed E-state index contributed by atoms with van der Waals surface area (Å²) < 4.78 is 86.2. The first-order valence-electron chi connectivity index (χ1n) is 2.07. The molecule has 0 aromatic carbocycles. The minimum absolute atomic E-state index is 0. The second-order valence-electron chi connectivity index (χ2n) is 1.51. The first kappa shape index (κ1) is 15.6. The summed E-state index contributed by atoms with van der Waals surface area (Å²) in [6.07, 6.45) is -12.2. The molecule has 0 rings (SSSR count). The van der Waals surface area contributed by atoms with Crippen molar-refractivity contribution in [1.82, 2.24) is 0 Å². The van der Waals surface area contributed by atoms with Crippen LogP contribution in [0.15, 0.2) is 0 Å². The smallest absolute Gasteiger partial charge is 0.725 e. The van der Waals surface area contributed by atoms with Crippen LogP contribution < -0.4 is 18.9 Å². The molecule has 74 valence electrons. The van der Waals surface area contributed by atoms with E-state index >= 15 is 0 Å². The normalized spacial score (nSPS) is 13.7. The Morgan fingerprint density at radius 1 is 1.08 bits per heavy atom. The molecule has 0 heterocycles. The van der Waals surface area contributed by atoms with Crippen LogP contribution in [-0.2, 0) is 14.6 Å². The third-order valence-corrected chi connectivity index (χ3v) is 0.950. The summed E-state index contributed by atoms with van der Waals surface area (Å²) >= 11 is 0. The van der Waals surface area contributed by atoms with Crippen LogP contribution in [0.25, 0.3) is 0 Å². The van der Waals surface area contributed by atoms with Gasteiger partial charge in [0, 0.05) is 0 Å². The molecule has 0 unspecified atom stereocenters. The Bertz CT molecular complexity index is 256. The van der Waals surface area contributed by atoms with Gasteiger partial charge in [0.05, 0.1) is 0 Å². The predicted octanol–water partition coefficient (Wildman–Crippen LogP) is -2.38. The van der Waals surface area contributed by atoms with Crippen LogP contribution in [0.2, 0.25) is 0 Å². The Morgan fingerprint density at radius 2 is 1.38 bits per heavy atom. The molecule has 0 radical (unpaired) electrons. The van der Waals surface area contributed by atoms with E-state index in [1.807, 2.05) is 4.18 Å². The SMILES string of the molecule is O=S(=O)([O-])OC(F)(F)C(F)(F)F.[Li+]. The molecule has 0 N–H and O–H groups in total. The molecule has 0 aliphatic heterocycles. The van der Waals surface area contributed by atoms with E-state index < -0.39 is 22.7 Å². The number of alkyl halides is 5. The van der Waals surface area contributed by atoms with Crippen molar-refractivity contribution in [2.24, 2.45) is 0 Å². The molecular formula is C2F5LiO4S. The van der Waals surface area contributed by atoms with Gasteiger partial charge in [-0.3, -0.25) is 0 Å². The molecule has 0 aliphatic rings. The minimum atomic E-state index is -6.23. The quantitative estimate of drug-likeness (QED) is 0.226.